The van der Waals surface area contributed by atoms with Gasteiger partial charge in [-0.15, -0.1) is 0 Å². The van der Waals surface area contributed by atoms with Gasteiger partial charge in [-0.3, -0.25) is 0 Å². The van der Waals surface area contributed by atoms with E-state index in [4.69, 9.17) is 9.15 Å². The molecule has 5 heteroatoms. The van der Waals surface area contributed by atoms with Gasteiger partial charge in [0.05, 0.1) is 13.2 Å². The summed E-state index contributed by atoms with van der Waals surface area (Å²) >= 11 is 0. The molecule has 1 aromatic heterocycles. The Morgan fingerprint density at radius 2 is 2.05 bits per heavy atom. The highest BCUT2D eigenvalue weighted by Gasteiger charge is 2.18. The number of phenolic OH excluding ortho intramolecular Hbond substituents is 1. The second-order valence-electron chi connectivity index (χ2n) is 5.22. The van der Waals surface area contributed by atoms with Crippen LogP contribution in [0.2, 0.25) is 0 Å². The summed E-state index contributed by atoms with van der Waals surface area (Å²) in [4.78, 5) is 13.1. The van der Waals surface area contributed by atoms with Crippen molar-refractivity contribution in [2.75, 3.05) is 26.3 Å². The maximum Gasteiger partial charge on any atom is 0.336 e. The fourth-order valence-electron chi connectivity index (χ4n) is 2.67. The Hall–Kier alpha value is -1.85. The normalized spacial score (nSPS) is 16.6. The number of aryl methyl sites for hydroxylation is 1. The van der Waals surface area contributed by atoms with Crippen LogP contribution in [0.25, 0.3) is 11.0 Å². The van der Waals surface area contributed by atoms with E-state index >= 15 is 0 Å². The predicted molar refractivity (Wildman–Crippen MR) is 74.1 cm³/mol. The molecule has 2 heterocycles. The van der Waals surface area contributed by atoms with Crippen LogP contribution in [-0.2, 0) is 11.3 Å². The van der Waals surface area contributed by atoms with Crippen molar-refractivity contribution in [1.82, 2.24) is 0 Å². The molecule has 0 amide bonds. The molecule has 0 atom stereocenters. The average molecular weight is 276 g/mol. The number of quaternary nitrogens is 1. The number of fused-ring (bicyclic) bond motifs is 1. The van der Waals surface area contributed by atoms with Gasteiger partial charge >= 0.3 is 5.63 Å². The summed E-state index contributed by atoms with van der Waals surface area (Å²) in [7, 11) is 0. The van der Waals surface area contributed by atoms with Crippen LogP contribution in [0.15, 0.2) is 27.4 Å². The summed E-state index contributed by atoms with van der Waals surface area (Å²) in [6.45, 7) is 5.93. The topological polar surface area (TPSA) is 64.1 Å². The van der Waals surface area contributed by atoms with Crippen molar-refractivity contribution in [3.63, 3.8) is 0 Å². The van der Waals surface area contributed by atoms with Gasteiger partial charge in [0.2, 0.25) is 0 Å². The van der Waals surface area contributed by atoms with Gasteiger partial charge in [0.25, 0.3) is 0 Å². The predicted octanol–water partition coefficient (Wildman–Crippen LogP) is 0.222. The molecule has 0 radical (unpaired) electrons. The van der Waals surface area contributed by atoms with Crippen molar-refractivity contribution in [3.8, 4) is 5.75 Å². The Kier molecular flexibility index (Phi) is 3.46. The number of benzene rings is 1. The molecule has 1 fully saturated rings. The number of rotatable bonds is 2. The zero-order valence-electron chi connectivity index (χ0n) is 11.4. The van der Waals surface area contributed by atoms with Crippen molar-refractivity contribution >= 4 is 11.0 Å². The van der Waals surface area contributed by atoms with Crippen LogP contribution in [-0.4, -0.2) is 31.4 Å². The minimum Gasteiger partial charge on any atom is -0.508 e. The fraction of sp³-hybridized carbons (Fsp3) is 0.400. The van der Waals surface area contributed by atoms with E-state index < -0.39 is 0 Å². The second kappa shape index (κ2) is 5.26. The molecule has 3 rings (SSSR count). The van der Waals surface area contributed by atoms with Gasteiger partial charge in [-0.25, -0.2) is 4.79 Å². The number of hydrogen-bond donors (Lipinski definition) is 2. The molecule has 106 valence electrons. The Bertz CT molecular complexity index is 686. The maximum absolute atomic E-state index is 11.7. The van der Waals surface area contributed by atoms with Crippen LogP contribution in [0.1, 0.15) is 11.1 Å². The molecule has 1 saturated heterocycles. The third-order valence-electron chi connectivity index (χ3n) is 3.86. The van der Waals surface area contributed by atoms with Crippen LogP contribution < -0.4 is 10.5 Å². The highest BCUT2D eigenvalue weighted by atomic mass is 16.5. The first-order valence-electron chi connectivity index (χ1n) is 6.82. The van der Waals surface area contributed by atoms with Crippen molar-refractivity contribution in [2.24, 2.45) is 0 Å². The number of ether oxygens (including phenoxy) is 1. The summed E-state index contributed by atoms with van der Waals surface area (Å²) in [5.41, 5.74) is 1.70. The first-order valence-corrected chi connectivity index (χ1v) is 6.82. The Morgan fingerprint density at radius 1 is 1.30 bits per heavy atom. The van der Waals surface area contributed by atoms with Gasteiger partial charge in [-0.2, -0.15) is 0 Å². The van der Waals surface area contributed by atoms with Gasteiger partial charge in [0, 0.05) is 22.6 Å². The second-order valence-corrected chi connectivity index (χ2v) is 5.22. The maximum atomic E-state index is 11.7. The van der Waals surface area contributed by atoms with E-state index in [0.717, 1.165) is 43.8 Å². The molecule has 5 nitrogen and oxygen atoms in total. The summed E-state index contributed by atoms with van der Waals surface area (Å²) in [6, 6.07) is 5.02. The standard InChI is InChI=1S/C15H17NO4/c1-10-13(17)3-2-12-11(8-14(18)20-15(10)12)9-16-4-6-19-7-5-16/h2-3,8,17H,4-7,9H2,1H3/p+1. The summed E-state index contributed by atoms with van der Waals surface area (Å²) in [5.74, 6) is 0.150. The first kappa shape index (κ1) is 13.1. The minimum absolute atomic E-state index is 0.150. The average Bonchev–Trinajstić information content (AvgIpc) is 2.44. The molecule has 0 spiro atoms. The monoisotopic (exact) mass is 276 g/mol. The van der Waals surface area contributed by atoms with Gasteiger partial charge in [-0.05, 0) is 19.1 Å². The lowest BCUT2D eigenvalue weighted by molar-refractivity contribution is -0.921. The van der Waals surface area contributed by atoms with Gasteiger partial charge < -0.3 is 19.2 Å². The van der Waals surface area contributed by atoms with Crippen molar-refractivity contribution in [1.29, 1.82) is 0 Å². The SMILES string of the molecule is Cc1c(O)ccc2c(C[NH+]3CCOCC3)cc(=O)oc12. The van der Waals surface area contributed by atoms with E-state index in [1.54, 1.807) is 19.1 Å². The van der Waals surface area contributed by atoms with E-state index in [0.29, 0.717) is 11.1 Å². The fourth-order valence-corrected chi connectivity index (χ4v) is 2.67. The molecule has 0 unspecified atom stereocenters. The lowest BCUT2D eigenvalue weighted by Gasteiger charge is -2.24. The molecule has 0 saturated carbocycles. The smallest absolute Gasteiger partial charge is 0.336 e. The lowest BCUT2D eigenvalue weighted by atomic mass is 10.1. The Labute approximate surface area is 116 Å². The minimum atomic E-state index is -0.367. The zero-order chi connectivity index (χ0) is 14.1. The van der Waals surface area contributed by atoms with E-state index in [1.807, 2.05) is 6.07 Å². The van der Waals surface area contributed by atoms with Gasteiger partial charge in [0.1, 0.15) is 31.0 Å². The summed E-state index contributed by atoms with van der Waals surface area (Å²) in [6.07, 6.45) is 0. The Morgan fingerprint density at radius 3 is 2.80 bits per heavy atom. The van der Waals surface area contributed by atoms with Gasteiger partial charge in [-0.1, -0.05) is 0 Å². The van der Waals surface area contributed by atoms with Crippen LogP contribution >= 0.6 is 0 Å². The van der Waals surface area contributed by atoms with Crippen molar-refractivity contribution in [2.45, 2.75) is 13.5 Å². The molecule has 1 aliphatic heterocycles. The molecule has 1 aliphatic rings. The number of phenols is 1. The van der Waals surface area contributed by atoms with Crippen LogP contribution in [0, 0.1) is 6.92 Å². The number of hydrogen-bond acceptors (Lipinski definition) is 4. The molecular formula is C15H18NO4+. The van der Waals surface area contributed by atoms with Crippen molar-refractivity contribution in [3.05, 3.63) is 39.7 Å². The van der Waals surface area contributed by atoms with E-state index in [9.17, 15) is 9.90 Å². The van der Waals surface area contributed by atoms with Crippen LogP contribution in [0.4, 0.5) is 0 Å². The van der Waals surface area contributed by atoms with Crippen LogP contribution in [0.5, 0.6) is 5.75 Å². The quantitative estimate of drug-likeness (QED) is 0.770. The molecule has 1 aromatic carbocycles. The summed E-state index contributed by atoms with van der Waals surface area (Å²) in [5, 5.41) is 10.6. The third-order valence-corrected chi connectivity index (χ3v) is 3.86. The van der Waals surface area contributed by atoms with Crippen LogP contribution in [0.3, 0.4) is 0 Å². The molecule has 0 bridgehead atoms. The molecule has 2 N–H and O–H groups in total. The van der Waals surface area contributed by atoms with Crippen molar-refractivity contribution < 1.29 is 19.2 Å². The molecule has 2 aromatic rings. The highest BCUT2D eigenvalue weighted by molar-refractivity contribution is 5.84. The number of nitrogens with one attached hydrogen (secondary N) is 1. The number of morpholine rings is 1. The Balaban J connectivity index is 2.05. The number of aromatic hydroxyl groups is 1. The zero-order valence-corrected chi connectivity index (χ0v) is 11.4. The highest BCUT2D eigenvalue weighted by Crippen LogP contribution is 2.26. The first-order chi connectivity index (χ1) is 9.65. The molecule has 0 aliphatic carbocycles. The molecule has 20 heavy (non-hydrogen) atoms. The molecular weight excluding hydrogens is 258 g/mol. The lowest BCUT2D eigenvalue weighted by Crippen LogP contribution is -3.12. The third kappa shape index (κ3) is 2.42. The summed E-state index contributed by atoms with van der Waals surface area (Å²) < 4.78 is 10.6. The van der Waals surface area contributed by atoms with E-state index in [1.165, 1.54) is 4.90 Å². The largest absolute Gasteiger partial charge is 0.508 e. The van der Waals surface area contributed by atoms with E-state index in [-0.39, 0.29) is 11.4 Å². The van der Waals surface area contributed by atoms with Gasteiger partial charge in [0.15, 0.2) is 0 Å². The van der Waals surface area contributed by atoms with E-state index in [2.05, 4.69) is 0 Å².